The van der Waals surface area contributed by atoms with E-state index in [1.54, 1.807) is 19.2 Å². The van der Waals surface area contributed by atoms with Gasteiger partial charge in [-0.2, -0.15) is 0 Å². The number of rotatable bonds is 7. The molecule has 0 spiro atoms. The molecular weight excluding hydrogens is 437 g/mol. The third kappa shape index (κ3) is 4.79. The van der Waals surface area contributed by atoms with Crippen LogP contribution in [0.15, 0.2) is 54.7 Å². The molecule has 0 radical (unpaired) electrons. The number of halogens is 1. The Kier molecular flexibility index (Phi) is 7.07. The zero-order valence-electron chi connectivity index (χ0n) is 17.3. The van der Waals surface area contributed by atoms with Crippen LogP contribution >= 0.6 is 11.8 Å². The van der Waals surface area contributed by atoms with Gasteiger partial charge in [0.15, 0.2) is 0 Å². The van der Waals surface area contributed by atoms with Crippen molar-refractivity contribution in [2.24, 2.45) is 0 Å². The number of ether oxygens (including phenoxy) is 2. The summed E-state index contributed by atoms with van der Waals surface area (Å²) in [7, 11) is 1.60. The summed E-state index contributed by atoms with van der Waals surface area (Å²) in [5.41, 5.74) is 1.21. The Labute approximate surface area is 188 Å². The molecule has 0 unspecified atom stereocenters. The van der Waals surface area contributed by atoms with Crippen LogP contribution in [0.1, 0.15) is 11.6 Å². The van der Waals surface area contributed by atoms with Gasteiger partial charge in [0.05, 0.1) is 19.9 Å². The van der Waals surface area contributed by atoms with Crippen LogP contribution < -0.4 is 4.74 Å². The Bertz CT molecular complexity index is 1030. The normalized spacial score (nSPS) is 25.6. The highest BCUT2D eigenvalue weighted by Gasteiger charge is 2.46. The van der Waals surface area contributed by atoms with Crippen molar-refractivity contribution in [1.82, 2.24) is 15.0 Å². The number of aliphatic hydroxyl groups excluding tert-OH is 3. The second kappa shape index (κ2) is 9.97. The summed E-state index contributed by atoms with van der Waals surface area (Å²) < 4.78 is 25.8. The summed E-state index contributed by atoms with van der Waals surface area (Å²) in [6.07, 6.45) is -1.71. The van der Waals surface area contributed by atoms with Crippen molar-refractivity contribution in [3.63, 3.8) is 0 Å². The summed E-state index contributed by atoms with van der Waals surface area (Å²) in [6.45, 7) is -0.421. The number of methoxy groups -OCH3 is 1. The first-order chi connectivity index (χ1) is 15.5. The zero-order chi connectivity index (χ0) is 22.7. The van der Waals surface area contributed by atoms with Crippen molar-refractivity contribution in [2.45, 2.75) is 35.5 Å². The van der Waals surface area contributed by atoms with Crippen molar-refractivity contribution >= 4 is 11.8 Å². The molecule has 1 saturated heterocycles. The van der Waals surface area contributed by atoms with Crippen LogP contribution in [0.3, 0.4) is 0 Å². The molecule has 5 atom stereocenters. The first-order valence-electron chi connectivity index (χ1n) is 10.0. The van der Waals surface area contributed by atoms with Crippen molar-refractivity contribution in [2.75, 3.05) is 13.7 Å². The maximum atomic E-state index is 13.6. The lowest BCUT2D eigenvalue weighted by Gasteiger charge is -2.41. The fourth-order valence-electron chi connectivity index (χ4n) is 3.62. The van der Waals surface area contributed by atoms with Crippen LogP contribution in [-0.4, -0.2) is 67.8 Å². The van der Waals surface area contributed by atoms with Gasteiger partial charge in [0.2, 0.25) is 0 Å². The SMILES string of the molecule is COc1ccc(CS[C@@H]2O[C@H](CO)[C@H](O)[C@H](n3cc(-c4cccc(F)c4)nn3)[C@H]2O)cc1. The highest BCUT2D eigenvalue weighted by atomic mass is 32.2. The van der Waals surface area contributed by atoms with Gasteiger partial charge in [0.1, 0.15) is 47.1 Å². The average Bonchev–Trinajstić information content (AvgIpc) is 3.29. The summed E-state index contributed by atoms with van der Waals surface area (Å²) in [5.74, 6) is 0.883. The van der Waals surface area contributed by atoms with E-state index in [0.717, 1.165) is 11.3 Å². The van der Waals surface area contributed by atoms with Crippen LogP contribution in [0.5, 0.6) is 5.75 Å². The summed E-state index contributed by atoms with van der Waals surface area (Å²) in [4.78, 5) is 0. The minimum atomic E-state index is -1.21. The van der Waals surface area contributed by atoms with Crippen LogP contribution in [0, 0.1) is 5.82 Å². The molecular formula is C22H24FN3O5S. The second-order valence-corrected chi connectivity index (χ2v) is 8.54. The largest absolute Gasteiger partial charge is 0.497 e. The smallest absolute Gasteiger partial charge is 0.132 e. The molecule has 170 valence electrons. The van der Waals surface area contributed by atoms with Crippen molar-refractivity contribution in [3.8, 4) is 17.0 Å². The van der Waals surface area contributed by atoms with Crippen LogP contribution in [0.25, 0.3) is 11.3 Å². The van der Waals surface area contributed by atoms with Gasteiger partial charge in [-0.3, -0.25) is 0 Å². The fourth-order valence-corrected chi connectivity index (χ4v) is 4.75. The molecule has 4 rings (SSSR count). The lowest BCUT2D eigenvalue weighted by molar-refractivity contribution is -0.178. The first-order valence-corrected chi connectivity index (χ1v) is 11.1. The standard InChI is InChI=1S/C22H24FN3O5S/c1-30-16-7-5-13(6-8-16)12-32-22-21(29)19(20(28)18(11-27)31-22)26-10-17(24-25-26)14-3-2-4-15(23)9-14/h2-10,18-22,27-29H,11-12H2,1H3/t18-,19+,20+,21-,22+/m1/s1. The van der Waals surface area contributed by atoms with Crippen LogP contribution in [0.2, 0.25) is 0 Å². The Morgan fingerprint density at radius 2 is 1.94 bits per heavy atom. The van der Waals surface area contributed by atoms with Gasteiger partial charge in [0, 0.05) is 11.3 Å². The minimum Gasteiger partial charge on any atom is -0.497 e. The van der Waals surface area contributed by atoms with Crippen molar-refractivity contribution in [3.05, 3.63) is 66.1 Å². The Hall–Kier alpha value is -2.50. The van der Waals surface area contributed by atoms with Gasteiger partial charge < -0.3 is 24.8 Å². The third-order valence-corrected chi connectivity index (χ3v) is 6.58. The van der Waals surface area contributed by atoms with E-state index in [1.807, 2.05) is 24.3 Å². The lowest BCUT2D eigenvalue weighted by atomic mass is 9.97. The molecule has 2 heterocycles. The maximum Gasteiger partial charge on any atom is 0.132 e. The fraction of sp³-hybridized carbons (Fsp3) is 0.364. The highest BCUT2D eigenvalue weighted by molar-refractivity contribution is 7.99. The van der Waals surface area contributed by atoms with Gasteiger partial charge in [-0.25, -0.2) is 9.07 Å². The molecule has 8 nitrogen and oxygen atoms in total. The van der Waals surface area contributed by atoms with Gasteiger partial charge in [-0.15, -0.1) is 16.9 Å². The van der Waals surface area contributed by atoms with E-state index >= 15 is 0 Å². The van der Waals surface area contributed by atoms with Gasteiger partial charge in [0.25, 0.3) is 0 Å². The molecule has 3 aromatic rings. The molecule has 1 aromatic heterocycles. The molecule has 10 heteroatoms. The Morgan fingerprint density at radius 3 is 2.62 bits per heavy atom. The average molecular weight is 462 g/mol. The molecule has 0 bridgehead atoms. The molecule has 0 saturated carbocycles. The van der Waals surface area contributed by atoms with Crippen LogP contribution in [-0.2, 0) is 10.5 Å². The van der Waals surface area contributed by atoms with Gasteiger partial charge >= 0.3 is 0 Å². The highest BCUT2D eigenvalue weighted by Crippen LogP contribution is 2.36. The zero-order valence-corrected chi connectivity index (χ0v) is 18.1. The molecule has 1 aliphatic heterocycles. The number of hydrogen-bond acceptors (Lipinski definition) is 8. The third-order valence-electron chi connectivity index (χ3n) is 5.36. The number of aliphatic hydroxyl groups is 3. The Balaban J connectivity index is 1.53. The van der Waals surface area contributed by atoms with E-state index in [2.05, 4.69) is 10.3 Å². The first kappa shape index (κ1) is 22.7. The molecule has 32 heavy (non-hydrogen) atoms. The molecule has 3 N–H and O–H groups in total. The topological polar surface area (TPSA) is 110 Å². The van der Waals surface area contributed by atoms with Gasteiger partial charge in [-0.05, 0) is 29.8 Å². The molecule has 2 aromatic carbocycles. The number of benzene rings is 2. The van der Waals surface area contributed by atoms with E-state index in [4.69, 9.17) is 9.47 Å². The molecule has 0 aliphatic carbocycles. The van der Waals surface area contributed by atoms with E-state index in [1.165, 1.54) is 34.8 Å². The number of hydrogen-bond donors (Lipinski definition) is 3. The Morgan fingerprint density at radius 1 is 1.16 bits per heavy atom. The van der Waals surface area contributed by atoms with E-state index < -0.39 is 42.2 Å². The number of aromatic nitrogens is 3. The monoisotopic (exact) mass is 461 g/mol. The lowest BCUT2D eigenvalue weighted by Crippen LogP contribution is -2.55. The van der Waals surface area contributed by atoms with E-state index in [-0.39, 0.29) is 0 Å². The van der Waals surface area contributed by atoms with Crippen LogP contribution in [0.4, 0.5) is 4.39 Å². The van der Waals surface area contributed by atoms with E-state index in [0.29, 0.717) is 17.0 Å². The number of nitrogens with zero attached hydrogens (tertiary/aromatic N) is 3. The van der Waals surface area contributed by atoms with Crippen molar-refractivity contribution < 1.29 is 29.2 Å². The maximum absolute atomic E-state index is 13.6. The quantitative estimate of drug-likeness (QED) is 0.490. The summed E-state index contributed by atoms with van der Waals surface area (Å²) in [6, 6.07) is 12.5. The number of thioether (sulfide) groups is 1. The van der Waals surface area contributed by atoms with Gasteiger partial charge in [-0.1, -0.05) is 29.5 Å². The predicted molar refractivity (Wildman–Crippen MR) is 117 cm³/mol. The molecule has 1 fully saturated rings. The predicted octanol–water partition coefficient (Wildman–Crippen LogP) is 2.01. The molecule has 0 amide bonds. The van der Waals surface area contributed by atoms with E-state index in [9.17, 15) is 19.7 Å². The second-order valence-electron chi connectivity index (χ2n) is 7.45. The molecule has 1 aliphatic rings. The minimum absolute atomic E-state index is 0.401. The summed E-state index contributed by atoms with van der Waals surface area (Å²) >= 11 is 1.35. The summed E-state index contributed by atoms with van der Waals surface area (Å²) in [5, 5.41) is 39.5. The van der Waals surface area contributed by atoms with Crippen molar-refractivity contribution in [1.29, 1.82) is 0 Å².